The third-order valence-electron chi connectivity index (χ3n) is 4.25. The fourth-order valence-corrected chi connectivity index (χ4v) is 2.91. The number of hydrogen-bond acceptors (Lipinski definition) is 5. The number of guanidine groups is 1. The minimum atomic E-state index is 0.0492. The molecular weight excluding hydrogens is 328 g/mol. The molecule has 26 heavy (non-hydrogen) atoms. The molecule has 138 valence electrons. The maximum Gasteiger partial charge on any atom is 0.225 e. The summed E-state index contributed by atoms with van der Waals surface area (Å²) in [6, 6.07) is 11.7. The minimum Gasteiger partial charge on any atom is -0.489 e. The van der Waals surface area contributed by atoms with Crippen LogP contribution in [0.1, 0.15) is 6.92 Å². The van der Waals surface area contributed by atoms with Gasteiger partial charge in [0.1, 0.15) is 11.9 Å². The zero-order valence-corrected chi connectivity index (χ0v) is 15.4. The van der Waals surface area contributed by atoms with Crippen LogP contribution in [0.25, 0.3) is 0 Å². The number of nitrogens with one attached hydrogen (secondary N) is 1. The Kier molecular flexibility index (Phi) is 6.24. The van der Waals surface area contributed by atoms with Gasteiger partial charge in [0.25, 0.3) is 0 Å². The molecule has 1 aromatic heterocycles. The van der Waals surface area contributed by atoms with Crippen molar-refractivity contribution in [3.63, 3.8) is 0 Å². The lowest BCUT2D eigenvalue weighted by atomic mass is 10.3. The number of para-hydroxylation sites is 1. The van der Waals surface area contributed by atoms with Gasteiger partial charge in [0.05, 0.1) is 6.54 Å². The van der Waals surface area contributed by atoms with Gasteiger partial charge in [0.15, 0.2) is 5.96 Å². The van der Waals surface area contributed by atoms with Crippen LogP contribution in [0.3, 0.4) is 0 Å². The van der Waals surface area contributed by atoms with E-state index >= 15 is 0 Å². The molecule has 7 heteroatoms. The Balaban J connectivity index is 1.46. The lowest BCUT2D eigenvalue weighted by Crippen LogP contribution is -2.53. The molecule has 1 aliphatic heterocycles. The van der Waals surface area contributed by atoms with E-state index in [1.807, 2.05) is 43.4 Å². The lowest BCUT2D eigenvalue weighted by Gasteiger charge is -2.36. The highest BCUT2D eigenvalue weighted by molar-refractivity contribution is 5.80. The van der Waals surface area contributed by atoms with Crippen molar-refractivity contribution >= 4 is 11.9 Å². The van der Waals surface area contributed by atoms with Crippen LogP contribution in [-0.4, -0.2) is 66.7 Å². The van der Waals surface area contributed by atoms with Gasteiger partial charge in [-0.15, -0.1) is 0 Å². The topological polar surface area (TPSA) is 65.9 Å². The van der Waals surface area contributed by atoms with Crippen molar-refractivity contribution in [2.24, 2.45) is 4.99 Å². The number of piperazine rings is 1. The van der Waals surface area contributed by atoms with Crippen LogP contribution in [0.2, 0.25) is 0 Å². The molecule has 2 heterocycles. The molecule has 2 aromatic rings. The molecule has 1 atom stereocenters. The first kappa shape index (κ1) is 18.0. The van der Waals surface area contributed by atoms with E-state index in [-0.39, 0.29) is 6.10 Å². The summed E-state index contributed by atoms with van der Waals surface area (Å²) in [4.78, 5) is 17.5. The second kappa shape index (κ2) is 9.03. The zero-order chi connectivity index (χ0) is 18.2. The molecule has 1 fully saturated rings. The van der Waals surface area contributed by atoms with Gasteiger partial charge in [-0.1, -0.05) is 18.2 Å². The Morgan fingerprint density at radius 1 is 1.12 bits per heavy atom. The Morgan fingerprint density at radius 3 is 2.46 bits per heavy atom. The van der Waals surface area contributed by atoms with Gasteiger partial charge in [-0.25, -0.2) is 9.97 Å². The van der Waals surface area contributed by atoms with Gasteiger partial charge in [-0.05, 0) is 25.1 Å². The number of nitrogens with zero attached hydrogens (tertiary/aromatic N) is 5. The van der Waals surface area contributed by atoms with Gasteiger partial charge in [-0.2, -0.15) is 0 Å². The van der Waals surface area contributed by atoms with Crippen molar-refractivity contribution in [2.75, 3.05) is 44.7 Å². The largest absolute Gasteiger partial charge is 0.489 e. The van der Waals surface area contributed by atoms with Crippen molar-refractivity contribution in [3.8, 4) is 5.75 Å². The molecule has 0 saturated carbocycles. The highest BCUT2D eigenvalue weighted by Gasteiger charge is 2.21. The number of hydrogen-bond donors (Lipinski definition) is 1. The summed E-state index contributed by atoms with van der Waals surface area (Å²) in [7, 11) is 1.82. The molecule has 1 unspecified atom stereocenters. The van der Waals surface area contributed by atoms with Crippen LogP contribution in [0.15, 0.2) is 53.8 Å². The van der Waals surface area contributed by atoms with E-state index < -0.39 is 0 Å². The SMILES string of the molecule is CN=C(NCC(C)Oc1ccccc1)N1CCN(c2ncccn2)CC1. The van der Waals surface area contributed by atoms with Crippen LogP contribution in [0, 0.1) is 0 Å². The fraction of sp³-hybridized carbons (Fsp3) is 0.421. The molecule has 7 nitrogen and oxygen atoms in total. The smallest absolute Gasteiger partial charge is 0.225 e. The monoisotopic (exact) mass is 354 g/mol. The van der Waals surface area contributed by atoms with Crippen molar-refractivity contribution in [1.82, 2.24) is 20.2 Å². The molecule has 1 saturated heterocycles. The Labute approximate surface area is 154 Å². The van der Waals surface area contributed by atoms with E-state index in [0.717, 1.165) is 43.8 Å². The van der Waals surface area contributed by atoms with E-state index in [4.69, 9.17) is 4.74 Å². The van der Waals surface area contributed by atoms with Crippen LogP contribution >= 0.6 is 0 Å². The average Bonchev–Trinajstić information content (AvgIpc) is 2.70. The third kappa shape index (κ3) is 4.84. The normalized spacial score (nSPS) is 16.3. The number of rotatable bonds is 5. The standard InChI is InChI=1S/C19H26N6O/c1-16(26-17-7-4-3-5-8-17)15-23-18(20-2)24-11-13-25(14-12-24)19-21-9-6-10-22-19/h3-10,16H,11-15H2,1-2H3,(H,20,23). The van der Waals surface area contributed by atoms with Crippen molar-refractivity contribution in [2.45, 2.75) is 13.0 Å². The van der Waals surface area contributed by atoms with E-state index in [1.165, 1.54) is 0 Å². The van der Waals surface area contributed by atoms with E-state index in [2.05, 4.69) is 37.0 Å². The summed E-state index contributed by atoms with van der Waals surface area (Å²) in [6.45, 7) is 6.26. The molecule has 1 aliphatic rings. The average molecular weight is 354 g/mol. The number of benzene rings is 1. The molecule has 3 rings (SSSR count). The molecule has 0 aliphatic carbocycles. The minimum absolute atomic E-state index is 0.0492. The number of ether oxygens (including phenoxy) is 1. The highest BCUT2D eigenvalue weighted by Crippen LogP contribution is 2.11. The first-order chi connectivity index (χ1) is 12.8. The predicted molar refractivity (Wildman–Crippen MR) is 104 cm³/mol. The first-order valence-corrected chi connectivity index (χ1v) is 8.95. The zero-order valence-electron chi connectivity index (χ0n) is 15.4. The molecular formula is C19H26N6O. The summed E-state index contributed by atoms with van der Waals surface area (Å²) in [5.74, 6) is 2.58. The van der Waals surface area contributed by atoms with Gasteiger partial charge < -0.3 is 19.9 Å². The first-order valence-electron chi connectivity index (χ1n) is 8.95. The summed E-state index contributed by atoms with van der Waals surface area (Å²) >= 11 is 0. The Bertz CT molecular complexity index is 686. The van der Waals surface area contributed by atoms with Crippen LogP contribution in [0.4, 0.5) is 5.95 Å². The summed E-state index contributed by atoms with van der Waals surface area (Å²) in [5, 5.41) is 3.41. The van der Waals surface area contributed by atoms with Crippen molar-refractivity contribution in [3.05, 3.63) is 48.8 Å². The Hall–Kier alpha value is -2.83. The van der Waals surface area contributed by atoms with Crippen LogP contribution in [0.5, 0.6) is 5.75 Å². The van der Waals surface area contributed by atoms with Gasteiger partial charge in [0.2, 0.25) is 5.95 Å². The number of aromatic nitrogens is 2. The van der Waals surface area contributed by atoms with Crippen molar-refractivity contribution < 1.29 is 4.74 Å². The second-order valence-electron chi connectivity index (χ2n) is 6.19. The summed E-state index contributed by atoms with van der Waals surface area (Å²) in [5.41, 5.74) is 0. The molecule has 0 radical (unpaired) electrons. The summed E-state index contributed by atoms with van der Waals surface area (Å²) in [6.07, 6.45) is 3.61. The van der Waals surface area contributed by atoms with Crippen molar-refractivity contribution in [1.29, 1.82) is 0 Å². The van der Waals surface area contributed by atoms with E-state index in [0.29, 0.717) is 6.54 Å². The number of anilines is 1. The van der Waals surface area contributed by atoms with Crippen LogP contribution < -0.4 is 15.0 Å². The highest BCUT2D eigenvalue weighted by atomic mass is 16.5. The van der Waals surface area contributed by atoms with Gasteiger partial charge in [0, 0.05) is 45.6 Å². The quantitative estimate of drug-likeness (QED) is 0.650. The summed E-state index contributed by atoms with van der Waals surface area (Å²) < 4.78 is 5.91. The van der Waals surface area contributed by atoms with Gasteiger partial charge in [-0.3, -0.25) is 4.99 Å². The lowest BCUT2D eigenvalue weighted by molar-refractivity contribution is 0.221. The maximum absolute atomic E-state index is 5.91. The number of aliphatic imine (C=N–C) groups is 1. The molecule has 0 spiro atoms. The molecule has 0 bridgehead atoms. The second-order valence-corrected chi connectivity index (χ2v) is 6.19. The maximum atomic E-state index is 5.91. The molecule has 1 N–H and O–H groups in total. The van der Waals surface area contributed by atoms with Gasteiger partial charge >= 0.3 is 0 Å². The van der Waals surface area contributed by atoms with E-state index in [1.54, 1.807) is 12.4 Å². The van der Waals surface area contributed by atoms with E-state index in [9.17, 15) is 0 Å². The molecule has 1 aromatic carbocycles. The molecule has 0 amide bonds. The predicted octanol–water partition coefficient (Wildman–Crippen LogP) is 1.64. The third-order valence-corrected chi connectivity index (χ3v) is 4.25. The Morgan fingerprint density at radius 2 is 1.81 bits per heavy atom. The van der Waals surface area contributed by atoms with Crippen LogP contribution in [-0.2, 0) is 0 Å². The fourth-order valence-electron chi connectivity index (χ4n) is 2.91.